The van der Waals surface area contributed by atoms with Gasteiger partial charge in [0.25, 0.3) is 5.91 Å². The Bertz CT molecular complexity index is 719. The van der Waals surface area contributed by atoms with E-state index in [1.54, 1.807) is 17.0 Å². The maximum Gasteiger partial charge on any atom is 0.311 e. The third kappa shape index (κ3) is 4.32. The summed E-state index contributed by atoms with van der Waals surface area (Å²) in [6.45, 7) is 8.86. The van der Waals surface area contributed by atoms with Crippen molar-refractivity contribution in [3.05, 3.63) is 22.7 Å². The summed E-state index contributed by atoms with van der Waals surface area (Å²) >= 11 is 6.33. The lowest BCUT2D eigenvalue weighted by Gasteiger charge is -2.28. The fourth-order valence-corrected chi connectivity index (χ4v) is 3.58. The zero-order valence-corrected chi connectivity index (χ0v) is 17.3. The quantitative estimate of drug-likeness (QED) is 0.753. The molecule has 1 saturated heterocycles. The predicted molar refractivity (Wildman–Crippen MR) is 104 cm³/mol. The van der Waals surface area contributed by atoms with E-state index in [1.807, 2.05) is 27.7 Å². The molecule has 2 rings (SSSR count). The van der Waals surface area contributed by atoms with Crippen LogP contribution in [0.4, 0.5) is 0 Å². The van der Waals surface area contributed by atoms with Crippen LogP contribution >= 0.6 is 11.6 Å². The molecule has 1 unspecified atom stereocenters. The monoisotopic (exact) mass is 397 g/mol. The van der Waals surface area contributed by atoms with Gasteiger partial charge < -0.3 is 19.5 Å². The molecule has 27 heavy (non-hydrogen) atoms. The van der Waals surface area contributed by atoms with Crippen LogP contribution in [0.15, 0.2) is 12.1 Å². The summed E-state index contributed by atoms with van der Waals surface area (Å²) in [7, 11) is 1.49. The lowest BCUT2D eigenvalue weighted by molar-refractivity contribution is -0.150. The molecular weight excluding hydrogens is 370 g/mol. The van der Waals surface area contributed by atoms with Crippen molar-refractivity contribution >= 4 is 23.5 Å². The Labute approximate surface area is 165 Å². The molecule has 1 aromatic rings. The second-order valence-corrected chi connectivity index (χ2v) is 8.19. The molecule has 1 amide bonds. The second-order valence-electron chi connectivity index (χ2n) is 7.79. The highest BCUT2D eigenvalue weighted by atomic mass is 35.5. The smallest absolute Gasteiger partial charge is 0.311 e. The molecule has 7 heteroatoms. The number of carboxylic acid groups (broad SMARTS) is 1. The van der Waals surface area contributed by atoms with Crippen LogP contribution in [0.1, 0.15) is 44.5 Å². The largest absolute Gasteiger partial charge is 0.493 e. The summed E-state index contributed by atoms with van der Waals surface area (Å²) in [5, 5.41) is 9.97. The first-order valence-electron chi connectivity index (χ1n) is 9.15. The minimum atomic E-state index is -0.913. The summed E-state index contributed by atoms with van der Waals surface area (Å²) in [5.74, 6) is -0.0724. The van der Waals surface area contributed by atoms with Crippen LogP contribution in [0, 0.1) is 17.3 Å². The Morgan fingerprint density at radius 2 is 1.96 bits per heavy atom. The van der Waals surface area contributed by atoms with Gasteiger partial charge in [-0.15, -0.1) is 0 Å². The van der Waals surface area contributed by atoms with Crippen LogP contribution in [0.2, 0.25) is 5.02 Å². The molecule has 1 heterocycles. The van der Waals surface area contributed by atoms with Crippen molar-refractivity contribution in [2.45, 2.75) is 34.1 Å². The number of amides is 1. The molecule has 0 aliphatic carbocycles. The van der Waals surface area contributed by atoms with Crippen LogP contribution in [0.5, 0.6) is 11.5 Å². The molecule has 1 aromatic carbocycles. The fraction of sp³-hybridized carbons (Fsp3) is 0.600. The molecule has 1 atom stereocenters. The van der Waals surface area contributed by atoms with Gasteiger partial charge in [0.05, 0.1) is 24.2 Å². The van der Waals surface area contributed by atoms with Gasteiger partial charge >= 0.3 is 5.97 Å². The van der Waals surface area contributed by atoms with E-state index < -0.39 is 11.4 Å². The molecule has 0 bridgehead atoms. The summed E-state index contributed by atoms with van der Waals surface area (Å²) in [6.07, 6.45) is 0.437. The van der Waals surface area contributed by atoms with Gasteiger partial charge in [-0.1, -0.05) is 39.3 Å². The molecule has 0 saturated carbocycles. The maximum absolute atomic E-state index is 13.0. The first kappa shape index (κ1) is 21.4. The number of carbonyl (C=O) groups excluding carboxylic acids is 1. The average molecular weight is 398 g/mol. The van der Waals surface area contributed by atoms with E-state index in [2.05, 4.69) is 0 Å². The van der Waals surface area contributed by atoms with E-state index in [9.17, 15) is 14.7 Å². The zero-order chi connectivity index (χ0) is 20.4. The molecular formula is C20H28ClNO5. The SMILES string of the molecule is COc1cc(C(=O)N2CCC(C(=O)O)(C(C)C)C2)cc(Cl)c1OCC(C)C. The van der Waals surface area contributed by atoms with Crippen LogP contribution in [-0.4, -0.2) is 48.7 Å². The van der Waals surface area contributed by atoms with Gasteiger partial charge in [0.15, 0.2) is 11.5 Å². The first-order valence-corrected chi connectivity index (χ1v) is 9.53. The number of ether oxygens (including phenoxy) is 2. The van der Waals surface area contributed by atoms with Crippen molar-refractivity contribution in [1.82, 2.24) is 4.90 Å². The van der Waals surface area contributed by atoms with Gasteiger partial charge in [0, 0.05) is 18.7 Å². The zero-order valence-electron chi connectivity index (χ0n) is 16.5. The summed E-state index contributed by atoms with van der Waals surface area (Å²) in [4.78, 5) is 26.3. The Morgan fingerprint density at radius 3 is 2.44 bits per heavy atom. The topological polar surface area (TPSA) is 76.1 Å². The minimum Gasteiger partial charge on any atom is -0.493 e. The van der Waals surface area contributed by atoms with Gasteiger partial charge in [-0.2, -0.15) is 0 Å². The van der Waals surface area contributed by atoms with Crippen LogP contribution < -0.4 is 9.47 Å². The summed E-state index contributed by atoms with van der Waals surface area (Å²) in [5.41, 5.74) is -0.553. The van der Waals surface area contributed by atoms with Crippen molar-refractivity contribution in [3.63, 3.8) is 0 Å². The van der Waals surface area contributed by atoms with Crippen molar-refractivity contribution in [1.29, 1.82) is 0 Å². The number of hydrogen-bond acceptors (Lipinski definition) is 4. The summed E-state index contributed by atoms with van der Waals surface area (Å²) in [6, 6.07) is 3.15. The average Bonchev–Trinajstić information content (AvgIpc) is 3.06. The molecule has 1 fully saturated rings. The van der Waals surface area contributed by atoms with Crippen molar-refractivity contribution in [2.24, 2.45) is 17.3 Å². The Balaban J connectivity index is 2.27. The highest BCUT2D eigenvalue weighted by Gasteiger charge is 2.48. The first-order chi connectivity index (χ1) is 12.6. The van der Waals surface area contributed by atoms with E-state index in [-0.39, 0.29) is 18.4 Å². The molecule has 0 aromatic heterocycles. The van der Waals surface area contributed by atoms with Crippen molar-refractivity contribution in [2.75, 3.05) is 26.8 Å². The highest BCUT2D eigenvalue weighted by molar-refractivity contribution is 6.32. The van der Waals surface area contributed by atoms with Crippen LogP contribution in [0.3, 0.4) is 0 Å². The number of halogens is 1. The minimum absolute atomic E-state index is 0.0715. The lowest BCUT2D eigenvalue weighted by Crippen LogP contribution is -2.40. The summed E-state index contributed by atoms with van der Waals surface area (Å²) < 4.78 is 11.1. The molecule has 6 nitrogen and oxygen atoms in total. The van der Waals surface area contributed by atoms with Crippen molar-refractivity contribution < 1.29 is 24.2 Å². The fourth-order valence-electron chi connectivity index (χ4n) is 3.32. The highest BCUT2D eigenvalue weighted by Crippen LogP contribution is 2.40. The van der Waals surface area contributed by atoms with E-state index in [0.717, 1.165) is 0 Å². The van der Waals surface area contributed by atoms with Gasteiger partial charge in [-0.05, 0) is 30.4 Å². The molecule has 0 radical (unpaired) electrons. The van der Waals surface area contributed by atoms with E-state index in [4.69, 9.17) is 21.1 Å². The van der Waals surface area contributed by atoms with E-state index in [1.165, 1.54) is 7.11 Å². The Morgan fingerprint density at radius 1 is 1.30 bits per heavy atom. The van der Waals surface area contributed by atoms with E-state index in [0.29, 0.717) is 47.6 Å². The number of carbonyl (C=O) groups is 2. The maximum atomic E-state index is 13.0. The number of nitrogens with zero attached hydrogens (tertiary/aromatic N) is 1. The normalized spacial score (nSPS) is 19.6. The van der Waals surface area contributed by atoms with Crippen LogP contribution in [-0.2, 0) is 4.79 Å². The number of hydrogen-bond donors (Lipinski definition) is 1. The van der Waals surface area contributed by atoms with Gasteiger partial charge in [-0.3, -0.25) is 9.59 Å². The van der Waals surface area contributed by atoms with Crippen LogP contribution in [0.25, 0.3) is 0 Å². The third-order valence-electron chi connectivity index (χ3n) is 5.16. The van der Waals surface area contributed by atoms with Gasteiger partial charge in [-0.25, -0.2) is 0 Å². The second kappa shape index (κ2) is 8.38. The predicted octanol–water partition coefficient (Wildman–Crippen LogP) is 3.96. The molecule has 1 N–H and O–H groups in total. The lowest BCUT2D eigenvalue weighted by atomic mass is 9.76. The number of benzene rings is 1. The van der Waals surface area contributed by atoms with Gasteiger partial charge in [0.2, 0.25) is 0 Å². The number of likely N-dealkylation sites (tertiary alicyclic amines) is 1. The Hall–Kier alpha value is -1.95. The molecule has 0 spiro atoms. The number of aliphatic carboxylic acids is 1. The number of methoxy groups -OCH3 is 1. The number of rotatable bonds is 7. The number of carboxylic acids is 1. The van der Waals surface area contributed by atoms with E-state index >= 15 is 0 Å². The molecule has 1 aliphatic heterocycles. The Kier molecular flexibility index (Phi) is 6.63. The van der Waals surface area contributed by atoms with Crippen molar-refractivity contribution in [3.8, 4) is 11.5 Å². The third-order valence-corrected chi connectivity index (χ3v) is 5.44. The molecule has 150 valence electrons. The standard InChI is InChI=1S/C20H28ClNO5/c1-12(2)10-27-17-15(21)8-14(9-16(17)26-5)18(23)22-7-6-20(11-22,13(3)4)19(24)25/h8-9,12-13H,6-7,10-11H2,1-5H3,(H,24,25). The van der Waals surface area contributed by atoms with Gasteiger partial charge in [0.1, 0.15) is 0 Å². The molecule has 1 aliphatic rings.